The summed E-state index contributed by atoms with van der Waals surface area (Å²) in [6.07, 6.45) is 5.29. The van der Waals surface area contributed by atoms with Crippen LogP contribution < -0.4 is 4.90 Å². The van der Waals surface area contributed by atoms with Crippen LogP contribution in [-0.4, -0.2) is 23.7 Å². The van der Waals surface area contributed by atoms with Gasteiger partial charge in [0.1, 0.15) is 5.82 Å². The fourth-order valence-corrected chi connectivity index (χ4v) is 1.46. The predicted molar refractivity (Wildman–Crippen MR) is 71.0 cm³/mol. The van der Waals surface area contributed by atoms with Gasteiger partial charge in [-0.1, -0.05) is 26.7 Å². The van der Waals surface area contributed by atoms with Crippen molar-refractivity contribution in [1.29, 1.82) is 0 Å². The van der Waals surface area contributed by atoms with Crippen LogP contribution in [0.2, 0.25) is 0 Å². The van der Waals surface area contributed by atoms with E-state index in [9.17, 15) is 5.11 Å². The molecule has 0 radical (unpaired) electrons. The van der Waals surface area contributed by atoms with Gasteiger partial charge in [0.2, 0.25) is 0 Å². The van der Waals surface area contributed by atoms with Crippen molar-refractivity contribution in [3.8, 4) is 12.3 Å². The van der Waals surface area contributed by atoms with E-state index in [1.165, 1.54) is 0 Å². The minimum Gasteiger partial charge on any atom is -0.392 e. The topological polar surface area (TPSA) is 36.4 Å². The highest BCUT2D eigenvalue weighted by Crippen LogP contribution is 2.24. The van der Waals surface area contributed by atoms with E-state index >= 15 is 0 Å². The lowest BCUT2D eigenvalue weighted by atomic mass is 9.91. The first kappa shape index (κ1) is 13.5. The molecule has 0 aromatic carbocycles. The highest BCUT2D eigenvalue weighted by atomic mass is 16.3. The molecule has 0 bridgehead atoms. The largest absolute Gasteiger partial charge is 0.392 e. The fourth-order valence-electron chi connectivity index (χ4n) is 1.46. The molecule has 3 heteroatoms. The minimum atomic E-state index is -0.0447. The first-order chi connectivity index (χ1) is 7.88. The molecule has 0 atom stereocenters. The van der Waals surface area contributed by atoms with Gasteiger partial charge in [-0.2, -0.15) is 0 Å². The van der Waals surface area contributed by atoms with Gasteiger partial charge in [-0.3, -0.25) is 0 Å². The van der Waals surface area contributed by atoms with E-state index in [-0.39, 0.29) is 12.0 Å². The molecular formula is C14H20N2O. The molecule has 0 unspecified atom stereocenters. The normalized spacial score (nSPS) is 11.1. The van der Waals surface area contributed by atoms with Gasteiger partial charge in [-0.05, 0) is 17.7 Å². The highest BCUT2D eigenvalue weighted by Gasteiger charge is 2.17. The lowest BCUT2D eigenvalue weighted by Gasteiger charge is -2.22. The van der Waals surface area contributed by atoms with Crippen LogP contribution in [0.1, 0.15) is 32.0 Å². The van der Waals surface area contributed by atoms with Crippen molar-refractivity contribution in [1.82, 2.24) is 4.98 Å². The second-order valence-electron chi connectivity index (χ2n) is 5.19. The number of pyridine rings is 1. The number of aromatic nitrogens is 1. The predicted octanol–water partition coefficient (Wildman–Crippen LogP) is 1.94. The second kappa shape index (κ2) is 5.20. The summed E-state index contributed by atoms with van der Waals surface area (Å²) >= 11 is 0. The summed E-state index contributed by atoms with van der Waals surface area (Å²) in [6, 6.07) is 3.81. The molecule has 1 N–H and O–H groups in total. The third kappa shape index (κ3) is 3.47. The molecule has 17 heavy (non-hydrogen) atoms. The van der Waals surface area contributed by atoms with Crippen molar-refractivity contribution in [3.05, 3.63) is 23.4 Å². The average molecular weight is 232 g/mol. The molecule has 0 amide bonds. The van der Waals surface area contributed by atoms with E-state index in [1.807, 2.05) is 24.1 Å². The number of terminal acetylenes is 1. The van der Waals surface area contributed by atoms with Crippen LogP contribution in [-0.2, 0) is 12.0 Å². The molecule has 1 aromatic heterocycles. The number of nitrogens with zero attached hydrogens (tertiary/aromatic N) is 2. The summed E-state index contributed by atoms with van der Waals surface area (Å²) in [7, 11) is 1.90. The third-order valence-corrected chi connectivity index (χ3v) is 2.54. The Bertz CT molecular complexity index is 427. The van der Waals surface area contributed by atoms with Crippen LogP contribution in [0.15, 0.2) is 12.1 Å². The summed E-state index contributed by atoms with van der Waals surface area (Å²) in [5.41, 5.74) is 1.78. The Hall–Kier alpha value is -1.53. The lowest BCUT2D eigenvalue weighted by Crippen LogP contribution is -2.22. The quantitative estimate of drug-likeness (QED) is 0.809. The maximum Gasteiger partial charge on any atom is 0.129 e. The number of aliphatic hydroxyl groups excluding tert-OH is 1. The maximum atomic E-state index is 9.28. The maximum absolute atomic E-state index is 9.28. The second-order valence-corrected chi connectivity index (χ2v) is 5.19. The zero-order valence-electron chi connectivity index (χ0n) is 11.0. The standard InChI is InChI=1S/C14H20N2O/c1-6-7-16(5)13-9-11(10-17)8-12(15-13)14(2,3)4/h1,8-9,17H,7,10H2,2-5H3. The van der Waals surface area contributed by atoms with Crippen LogP contribution in [0.5, 0.6) is 0 Å². The van der Waals surface area contributed by atoms with Crippen LogP contribution in [0.4, 0.5) is 5.82 Å². The fraction of sp³-hybridized carbons (Fsp3) is 0.500. The van der Waals surface area contributed by atoms with Gasteiger partial charge < -0.3 is 10.0 Å². The first-order valence-corrected chi connectivity index (χ1v) is 5.65. The Balaban J connectivity index is 3.19. The molecule has 0 aliphatic rings. The Morgan fingerprint density at radius 3 is 2.53 bits per heavy atom. The van der Waals surface area contributed by atoms with Crippen molar-refractivity contribution in [2.75, 3.05) is 18.5 Å². The van der Waals surface area contributed by atoms with Crippen molar-refractivity contribution in [2.45, 2.75) is 32.8 Å². The average Bonchev–Trinajstić information content (AvgIpc) is 2.27. The smallest absolute Gasteiger partial charge is 0.129 e. The van der Waals surface area contributed by atoms with E-state index < -0.39 is 0 Å². The van der Waals surface area contributed by atoms with Gasteiger partial charge in [-0.25, -0.2) is 4.98 Å². The Morgan fingerprint density at radius 1 is 1.41 bits per heavy atom. The number of anilines is 1. The van der Waals surface area contributed by atoms with Gasteiger partial charge in [0.15, 0.2) is 0 Å². The Kier molecular flexibility index (Phi) is 4.14. The molecule has 92 valence electrons. The van der Waals surface area contributed by atoms with Gasteiger partial charge in [-0.15, -0.1) is 6.42 Å². The van der Waals surface area contributed by atoms with E-state index in [0.29, 0.717) is 6.54 Å². The molecule has 3 nitrogen and oxygen atoms in total. The Labute approximate surface area is 103 Å². The van der Waals surface area contributed by atoms with Crippen LogP contribution in [0.25, 0.3) is 0 Å². The summed E-state index contributed by atoms with van der Waals surface area (Å²) in [5, 5.41) is 9.28. The molecule has 1 heterocycles. The van der Waals surface area contributed by atoms with Crippen molar-refractivity contribution < 1.29 is 5.11 Å². The van der Waals surface area contributed by atoms with Gasteiger partial charge in [0, 0.05) is 18.2 Å². The first-order valence-electron chi connectivity index (χ1n) is 5.65. The Morgan fingerprint density at radius 2 is 2.06 bits per heavy atom. The van der Waals surface area contributed by atoms with Crippen LogP contribution in [0.3, 0.4) is 0 Å². The zero-order chi connectivity index (χ0) is 13.1. The highest BCUT2D eigenvalue weighted by molar-refractivity contribution is 5.44. The molecule has 0 aliphatic carbocycles. The van der Waals surface area contributed by atoms with Crippen LogP contribution >= 0.6 is 0 Å². The summed E-state index contributed by atoms with van der Waals surface area (Å²) in [5.74, 6) is 3.39. The molecule has 0 aliphatic heterocycles. The number of hydrogen-bond acceptors (Lipinski definition) is 3. The van der Waals surface area contributed by atoms with Gasteiger partial charge in [0.05, 0.1) is 13.2 Å². The molecule has 1 aromatic rings. The number of hydrogen-bond donors (Lipinski definition) is 1. The van der Waals surface area contributed by atoms with E-state index in [1.54, 1.807) is 0 Å². The molecular weight excluding hydrogens is 212 g/mol. The van der Waals surface area contributed by atoms with Gasteiger partial charge >= 0.3 is 0 Å². The van der Waals surface area contributed by atoms with Crippen molar-refractivity contribution >= 4 is 5.82 Å². The zero-order valence-corrected chi connectivity index (χ0v) is 11.0. The molecule has 0 saturated carbocycles. The molecule has 0 saturated heterocycles. The van der Waals surface area contributed by atoms with Crippen molar-refractivity contribution in [2.24, 2.45) is 0 Å². The van der Waals surface area contributed by atoms with E-state index in [2.05, 4.69) is 31.7 Å². The minimum absolute atomic E-state index is 0.0164. The third-order valence-electron chi connectivity index (χ3n) is 2.54. The summed E-state index contributed by atoms with van der Waals surface area (Å²) in [6.45, 7) is 6.82. The van der Waals surface area contributed by atoms with E-state index in [4.69, 9.17) is 6.42 Å². The summed E-state index contributed by atoms with van der Waals surface area (Å²) < 4.78 is 0. The molecule has 0 spiro atoms. The monoisotopic (exact) mass is 232 g/mol. The number of aliphatic hydroxyl groups is 1. The summed E-state index contributed by atoms with van der Waals surface area (Å²) in [4.78, 5) is 6.49. The molecule has 1 rings (SSSR count). The van der Waals surface area contributed by atoms with Gasteiger partial charge in [0.25, 0.3) is 0 Å². The van der Waals surface area contributed by atoms with Crippen LogP contribution in [0, 0.1) is 12.3 Å². The SMILES string of the molecule is C#CCN(C)c1cc(CO)cc(C(C)(C)C)n1. The number of rotatable bonds is 3. The van der Waals surface area contributed by atoms with Crippen molar-refractivity contribution in [3.63, 3.8) is 0 Å². The van der Waals surface area contributed by atoms with E-state index in [0.717, 1.165) is 17.1 Å². The molecule has 0 fully saturated rings. The lowest BCUT2D eigenvalue weighted by molar-refractivity contribution is 0.281.